The second-order valence-electron chi connectivity index (χ2n) is 25.2. The Morgan fingerprint density at radius 1 is 0.284 bits per heavy atom. The molecule has 0 spiro atoms. The molecule has 6 unspecified atom stereocenters. The van der Waals surface area contributed by atoms with Crippen LogP contribution < -0.4 is 0 Å². The van der Waals surface area contributed by atoms with Gasteiger partial charge in [0.2, 0.25) is 0 Å². The fourth-order valence-electron chi connectivity index (χ4n) is 12.6. The number of benzene rings is 9. The van der Waals surface area contributed by atoms with E-state index in [-0.39, 0.29) is 72.7 Å². The molecule has 3 saturated heterocycles. The fraction of sp³-hybridized carbons (Fsp3) is 0.333. The molecule has 15 atom stereocenters. The fourth-order valence-corrected chi connectivity index (χ4v) is 13.8. The van der Waals surface area contributed by atoms with Gasteiger partial charge >= 0.3 is 11.9 Å². The van der Waals surface area contributed by atoms with Crippen LogP contribution in [0.25, 0.3) is 0 Å². The lowest BCUT2D eigenvalue weighted by Crippen LogP contribution is -2.66. The molecular formula is C84H88O17S. The van der Waals surface area contributed by atoms with Gasteiger partial charge in [-0.2, -0.15) is 0 Å². The summed E-state index contributed by atoms with van der Waals surface area (Å²) >= 11 is 1.43. The standard InChI is InChI=1S/C84H88O17S/c1-59(85)96-79-76(92-53-66-40-22-8-23-41-66)73(89-50-63-34-16-5-17-35-63)70(56-87-48-61-30-12-3-13-31-61)98-82(79)95-58-72-75(91-52-65-38-20-7-21-39-65)78(81(94-55-68-44-26-10-27-45-68)84(100-72)102-69-46-28-11-29-47-69)101-83-80(97-60(2)86)77(93-54-67-42-24-9-25-43-67)74(90-51-64-36-18-6-19-37-64)71(99-83)57-88-49-62-32-14-4-15-33-62/h3-47,70-84H,48-58H2,1-2H3/t70?,71?,72?,73-,74-,75+,76+,77+,78+,79?,80?,81?,82+,83-,84-/m1/s1. The largest absolute Gasteiger partial charge is 0.454 e. The zero-order valence-electron chi connectivity index (χ0n) is 57.3. The van der Waals surface area contributed by atoms with Crippen molar-refractivity contribution in [1.29, 1.82) is 0 Å². The van der Waals surface area contributed by atoms with Crippen molar-refractivity contribution in [2.75, 3.05) is 19.8 Å². The molecule has 18 heteroatoms. The van der Waals surface area contributed by atoms with Crippen molar-refractivity contribution in [3.8, 4) is 0 Å². The summed E-state index contributed by atoms with van der Waals surface area (Å²) in [6, 6.07) is 88.3. The molecule has 0 bridgehead atoms. The van der Waals surface area contributed by atoms with E-state index in [0.717, 1.165) is 49.4 Å². The van der Waals surface area contributed by atoms with Crippen LogP contribution in [0, 0.1) is 0 Å². The summed E-state index contributed by atoms with van der Waals surface area (Å²) in [5.74, 6) is -1.22. The number of rotatable bonds is 35. The quantitative estimate of drug-likeness (QED) is 0.0343. The van der Waals surface area contributed by atoms with Crippen LogP contribution in [0.1, 0.15) is 58.4 Å². The summed E-state index contributed by atoms with van der Waals surface area (Å²) in [6.45, 7) is 3.70. The van der Waals surface area contributed by atoms with Crippen molar-refractivity contribution in [1.82, 2.24) is 0 Å². The lowest BCUT2D eigenvalue weighted by Gasteiger charge is -2.50. The molecule has 3 fully saturated rings. The van der Waals surface area contributed by atoms with Crippen molar-refractivity contribution in [3.05, 3.63) is 317 Å². The number of ether oxygens (including phenoxy) is 15. The first-order valence-corrected chi connectivity index (χ1v) is 35.6. The summed E-state index contributed by atoms with van der Waals surface area (Å²) < 4.78 is 105. The number of hydrogen-bond acceptors (Lipinski definition) is 18. The van der Waals surface area contributed by atoms with Gasteiger partial charge < -0.3 is 71.1 Å². The van der Waals surface area contributed by atoms with Crippen LogP contribution in [-0.2, 0) is 133 Å². The maximum atomic E-state index is 13.9. The Labute approximate surface area is 601 Å². The van der Waals surface area contributed by atoms with Crippen molar-refractivity contribution < 1.29 is 80.6 Å². The monoisotopic (exact) mass is 1400 g/mol. The van der Waals surface area contributed by atoms with Crippen LogP contribution >= 0.6 is 11.8 Å². The maximum Gasteiger partial charge on any atom is 0.303 e. The Morgan fingerprint density at radius 2 is 0.559 bits per heavy atom. The van der Waals surface area contributed by atoms with Crippen LogP contribution in [-0.4, -0.2) is 123 Å². The number of esters is 2. The van der Waals surface area contributed by atoms with Crippen LogP contribution in [0.15, 0.2) is 278 Å². The summed E-state index contributed by atoms with van der Waals surface area (Å²) in [4.78, 5) is 28.5. The molecule has 12 rings (SSSR count). The van der Waals surface area contributed by atoms with Gasteiger partial charge in [0.05, 0.1) is 72.7 Å². The number of hydrogen-bond donors (Lipinski definition) is 0. The summed E-state index contributed by atoms with van der Waals surface area (Å²) in [7, 11) is 0. The predicted molar refractivity (Wildman–Crippen MR) is 383 cm³/mol. The highest BCUT2D eigenvalue weighted by Gasteiger charge is 2.57. The van der Waals surface area contributed by atoms with Crippen molar-refractivity contribution >= 4 is 23.7 Å². The van der Waals surface area contributed by atoms with E-state index in [9.17, 15) is 9.59 Å². The van der Waals surface area contributed by atoms with Crippen molar-refractivity contribution in [2.45, 2.75) is 163 Å². The van der Waals surface area contributed by atoms with E-state index in [4.69, 9.17) is 71.1 Å². The minimum atomic E-state index is -1.42. The van der Waals surface area contributed by atoms with E-state index in [1.807, 2.05) is 273 Å². The summed E-state index contributed by atoms with van der Waals surface area (Å²) in [5, 5.41) is 0. The van der Waals surface area contributed by atoms with Crippen LogP contribution in [0.2, 0.25) is 0 Å². The van der Waals surface area contributed by atoms with Crippen molar-refractivity contribution in [2.24, 2.45) is 0 Å². The average molecular weight is 1400 g/mol. The Balaban J connectivity index is 0.951. The Bertz CT molecular complexity index is 3840. The molecule has 0 radical (unpaired) electrons. The summed E-state index contributed by atoms with van der Waals surface area (Å²) in [5.41, 5.74) is 6.29. The molecule has 532 valence electrons. The van der Waals surface area contributed by atoms with Crippen molar-refractivity contribution in [3.63, 3.8) is 0 Å². The van der Waals surface area contributed by atoms with Crippen LogP contribution in [0.3, 0.4) is 0 Å². The molecule has 0 aromatic heterocycles. The predicted octanol–water partition coefficient (Wildman–Crippen LogP) is 14.2. The lowest BCUT2D eigenvalue weighted by atomic mass is 9.96. The first-order chi connectivity index (χ1) is 50.2. The molecule has 0 amide bonds. The molecule has 17 nitrogen and oxygen atoms in total. The zero-order valence-corrected chi connectivity index (χ0v) is 58.1. The van der Waals surface area contributed by atoms with Gasteiger partial charge in [0.25, 0.3) is 0 Å². The van der Waals surface area contributed by atoms with Crippen LogP contribution in [0.5, 0.6) is 0 Å². The first-order valence-electron chi connectivity index (χ1n) is 34.7. The first kappa shape index (κ1) is 73.5. The normalized spacial score (nSPS) is 24.9. The number of carbonyl (C=O) groups excluding carboxylic acids is 2. The molecule has 0 aliphatic carbocycles. The lowest BCUT2D eigenvalue weighted by molar-refractivity contribution is -0.358. The molecule has 0 saturated carbocycles. The SMILES string of the molecule is CC(=O)OC1[C@@H](O[C@@H]2C(OCc3ccccc3)[C@@H](Sc3ccccc3)OC(CO[C@H]3OC(COCc4ccccc4)[C@@H](OCc4ccccc4)[C@H](OCc4ccccc4)C3OC(C)=O)[C@@H]2OCc2ccccc2)OC(COCc2ccccc2)[C@@H](OCc2ccccc2)[C@@H]1OCc1ccccc1. The second kappa shape index (κ2) is 38.9. The van der Waals surface area contributed by atoms with Gasteiger partial charge in [0, 0.05) is 18.7 Å². The van der Waals surface area contributed by atoms with Crippen LogP contribution in [0.4, 0.5) is 0 Å². The third kappa shape index (κ3) is 21.7. The topological polar surface area (TPSA) is 173 Å². The molecule has 3 aliphatic heterocycles. The van der Waals surface area contributed by atoms with E-state index < -0.39 is 103 Å². The smallest absolute Gasteiger partial charge is 0.303 e. The van der Waals surface area contributed by atoms with Gasteiger partial charge in [0.1, 0.15) is 66.5 Å². The van der Waals surface area contributed by atoms with E-state index in [1.54, 1.807) is 0 Å². The second-order valence-corrected chi connectivity index (χ2v) is 26.4. The highest BCUT2D eigenvalue weighted by molar-refractivity contribution is 7.99. The zero-order chi connectivity index (χ0) is 69.9. The van der Waals surface area contributed by atoms with Gasteiger partial charge in [-0.15, -0.1) is 0 Å². The number of carbonyl (C=O) groups is 2. The number of thioether (sulfide) groups is 1. The van der Waals surface area contributed by atoms with Gasteiger partial charge in [-0.1, -0.05) is 273 Å². The maximum absolute atomic E-state index is 13.9. The third-order valence-electron chi connectivity index (χ3n) is 17.6. The summed E-state index contributed by atoms with van der Waals surface area (Å²) in [6.07, 6.45) is -15.1. The van der Waals surface area contributed by atoms with Gasteiger partial charge in [0.15, 0.2) is 24.8 Å². The van der Waals surface area contributed by atoms with E-state index in [2.05, 4.69) is 0 Å². The molecule has 0 N–H and O–H groups in total. The highest BCUT2D eigenvalue weighted by Crippen LogP contribution is 2.42. The van der Waals surface area contributed by atoms with Gasteiger partial charge in [-0.25, -0.2) is 0 Å². The van der Waals surface area contributed by atoms with E-state index >= 15 is 0 Å². The molecule has 3 aliphatic rings. The van der Waals surface area contributed by atoms with E-state index in [0.29, 0.717) is 0 Å². The van der Waals surface area contributed by atoms with E-state index in [1.165, 1.54) is 25.6 Å². The molecule has 102 heavy (non-hydrogen) atoms. The van der Waals surface area contributed by atoms with Gasteiger partial charge in [-0.3, -0.25) is 9.59 Å². The molecular weight excluding hydrogens is 1310 g/mol. The Morgan fingerprint density at radius 3 is 0.902 bits per heavy atom. The average Bonchev–Trinajstić information content (AvgIpc) is 0.770. The molecule has 3 heterocycles. The minimum absolute atomic E-state index is 0.00217. The van der Waals surface area contributed by atoms with Gasteiger partial charge in [-0.05, 0) is 56.6 Å². The Kier molecular flexibility index (Phi) is 28.0. The Hall–Kier alpha value is -8.25. The molecule has 9 aromatic rings. The molecule has 9 aromatic carbocycles. The third-order valence-corrected chi connectivity index (χ3v) is 18.7. The highest BCUT2D eigenvalue weighted by atomic mass is 32.2. The minimum Gasteiger partial charge on any atom is -0.454 e.